The third-order valence-corrected chi connectivity index (χ3v) is 17.3. The molecule has 1 saturated carbocycles. The Hall–Kier alpha value is -5.48. The summed E-state index contributed by atoms with van der Waals surface area (Å²) in [6.07, 6.45) is 6.43. The van der Waals surface area contributed by atoms with Crippen LogP contribution in [0.1, 0.15) is 75.3 Å². The summed E-state index contributed by atoms with van der Waals surface area (Å²) < 4.78 is 24.3. The summed E-state index contributed by atoms with van der Waals surface area (Å²) in [5, 5.41) is 22.3. The Morgan fingerprint density at radius 3 is 2.38 bits per heavy atom. The Morgan fingerprint density at radius 2 is 1.68 bits per heavy atom. The molecule has 2 saturated heterocycles. The Labute approximate surface area is 403 Å². The van der Waals surface area contributed by atoms with E-state index in [1.54, 1.807) is 7.11 Å². The second kappa shape index (κ2) is 16.9. The lowest BCUT2D eigenvalue weighted by molar-refractivity contribution is -0.228. The normalized spacial score (nSPS) is 33.4. The number of anilines is 2. The molecule has 10 rings (SSSR count). The highest BCUT2D eigenvalue weighted by molar-refractivity contribution is 7.80. The zero-order valence-corrected chi connectivity index (χ0v) is 41.0. The molecule has 10 atom stereocenters. The highest BCUT2D eigenvalue weighted by Crippen LogP contribution is 2.68. The van der Waals surface area contributed by atoms with E-state index in [1.165, 1.54) is 21.1 Å². The number of ether oxygens (including phenoxy) is 4. The second-order valence-electron chi connectivity index (χ2n) is 20.2. The first-order chi connectivity index (χ1) is 32.7. The molecule has 1 unspecified atom stereocenters. The van der Waals surface area contributed by atoms with Gasteiger partial charge in [-0.3, -0.25) is 14.5 Å². The first kappa shape index (κ1) is 46.3. The van der Waals surface area contributed by atoms with Gasteiger partial charge in [-0.05, 0) is 98.6 Å². The molecule has 6 aliphatic rings. The molecule has 360 valence electrons. The van der Waals surface area contributed by atoms with Gasteiger partial charge in [-0.25, -0.2) is 4.79 Å². The Bertz CT molecular complexity index is 2710. The number of thiocarbonyl (C=S) groups is 1. The molecule has 0 amide bonds. The predicted octanol–water partition coefficient (Wildman–Crippen LogP) is 5.99. The van der Waals surface area contributed by atoms with Crippen LogP contribution >= 0.6 is 12.2 Å². The number of aromatic amines is 1. The first-order valence-corrected chi connectivity index (χ1v) is 24.5. The van der Waals surface area contributed by atoms with Crippen molar-refractivity contribution in [2.24, 2.45) is 11.3 Å². The number of H-pyrrole nitrogens is 1. The highest BCUT2D eigenvalue weighted by Gasteiger charge is 2.80. The van der Waals surface area contributed by atoms with Crippen molar-refractivity contribution in [3.8, 4) is 5.75 Å². The van der Waals surface area contributed by atoms with E-state index in [9.17, 15) is 14.7 Å². The number of piperidine rings is 1. The number of hydrogen-bond donors (Lipinski definition) is 4. The van der Waals surface area contributed by atoms with Gasteiger partial charge in [-0.2, -0.15) is 0 Å². The van der Waals surface area contributed by atoms with Gasteiger partial charge in [-0.1, -0.05) is 62.4 Å². The summed E-state index contributed by atoms with van der Waals surface area (Å²) in [6, 6.07) is 21.0. The van der Waals surface area contributed by atoms with Crippen LogP contribution in [0.4, 0.5) is 11.4 Å². The van der Waals surface area contributed by atoms with Crippen LogP contribution < -0.4 is 20.3 Å². The van der Waals surface area contributed by atoms with Crippen LogP contribution in [0.25, 0.3) is 10.9 Å². The lowest BCUT2D eigenvalue weighted by Gasteiger charge is -2.63. The third kappa shape index (κ3) is 6.51. The molecule has 14 nitrogen and oxygen atoms in total. The maximum absolute atomic E-state index is 15.7. The van der Waals surface area contributed by atoms with E-state index in [2.05, 4.69) is 62.7 Å². The number of likely N-dealkylation sites (N-methyl/N-ethyl adjacent to an activating group) is 1. The van der Waals surface area contributed by atoms with Gasteiger partial charge in [0.05, 0.1) is 32.9 Å². The Kier molecular flexibility index (Phi) is 11.5. The molecule has 1 aliphatic carbocycles. The molecule has 4 N–H and O–H groups in total. The van der Waals surface area contributed by atoms with Gasteiger partial charge in [-0.15, -0.1) is 0 Å². The van der Waals surface area contributed by atoms with Crippen molar-refractivity contribution in [1.82, 2.24) is 20.1 Å². The smallest absolute Gasteiger partial charge is 0.344 e. The highest BCUT2D eigenvalue weighted by atomic mass is 32.1. The number of aliphatic hydroxyl groups is 1. The largest absolute Gasteiger partial charge is 0.496 e. The van der Waals surface area contributed by atoms with Crippen molar-refractivity contribution in [3.05, 3.63) is 101 Å². The number of carbonyl (C=O) groups is 3. The fourth-order valence-electron chi connectivity index (χ4n) is 14.6. The molecular weight excluding hydrogens is 881 g/mol. The quantitative estimate of drug-likeness (QED) is 0.0672. The number of rotatable bonds is 9. The van der Waals surface area contributed by atoms with Crippen LogP contribution in [0.3, 0.4) is 0 Å². The molecule has 3 aromatic carbocycles. The van der Waals surface area contributed by atoms with Crippen LogP contribution in [0.2, 0.25) is 0 Å². The fraction of sp³-hybridized carbons (Fsp3) is 0.509. The topological polar surface area (TPSA) is 158 Å². The maximum atomic E-state index is 15.7. The number of benzene rings is 3. The zero-order chi connectivity index (χ0) is 48.0. The van der Waals surface area contributed by atoms with Crippen molar-refractivity contribution in [2.45, 2.75) is 99.5 Å². The molecule has 15 heteroatoms. The SMILES string of the molecule is CC[C@]1(NC(=S)Nc2ccccc2)C[C@@H]2CN(CCc3c([nH]c4ccccc34)[C@@](C(=O)OC)(c3cc4c(cc3OC)N(C)[C@H]3[C@@](O)(C(=O)OC)[C@H](OC(C)=O)[C@]5(CC)C=CCN6CC[C@]43[C@@H]65)C2)C1. The van der Waals surface area contributed by atoms with Gasteiger partial charge in [0.1, 0.15) is 11.2 Å². The van der Waals surface area contributed by atoms with Crippen LogP contribution in [-0.2, 0) is 45.8 Å². The van der Waals surface area contributed by atoms with Crippen LogP contribution in [0, 0.1) is 11.3 Å². The predicted molar refractivity (Wildman–Crippen MR) is 264 cm³/mol. The maximum Gasteiger partial charge on any atom is 0.344 e. The number of nitrogens with zero attached hydrogens (tertiary/aromatic N) is 3. The molecular formula is C53H64N6O8S. The van der Waals surface area contributed by atoms with Crippen molar-refractivity contribution >= 4 is 57.5 Å². The Morgan fingerprint density at radius 1 is 0.926 bits per heavy atom. The van der Waals surface area contributed by atoms with Crippen molar-refractivity contribution in [1.29, 1.82) is 0 Å². The number of esters is 3. The van der Waals surface area contributed by atoms with E-state index in [0.29, 0.717) is 55.2 Å². The molecule has 1 aromatic heterocycles. The average Bonchev–Trinajstić information content (AvgIpc) is 4.00. The van der Waals surface area contributed by atoms with Crippen LogP contribution in [0.15, 0.2) is 78.9 Å². The molecule has 6 heterocycles. The number of methoxy groups -OCH3 is 3. The molecule has 68 heavy (non-hydrogen) atoms. The molecule has 0 radical (unpaired) electrons. The summed E-state index contributed by atoms with van der Waals surface area (Å²) in [7, 11) is 6.24. The van der Waals surface area contributed by atoms with Gasteiger partial charge in [0.25, 0.3) is 0 Å². The zero-order valence-electron chi connectivity index (χ0n) is 40.1. The number of hydrogen-bond acceptors (Lipinski definition) is 12. The van der Waals surface area contributed by atoms with Gasteiger partial charge >= 0.3 is 17.9 Å². The van der Waals surface area contributed by atoms with Crippen molar-refractivity contribution in [2.75, 3.05) is 71.3 Å². The lowest BCUT2D eigenvalue weighted by atomic mass is 9.47. The number of carbonyl (C=O) groups excluding carboxylic acids is 3. The number of nitrogens with one attached hydrogen (secondary N) is 3. The molecule has 5 aliphatic heterocycles. The molecule has 4 aromatic rings. The fourth-order valence-corrected chi connectivity index (χ4v) is 15.0. The van der Waals surface area contributed by atoms with Gasteiger partial charge in [0.2, 0.25) is 5.60 Å². The van der Waals surface area contributed by atoms with Gasteiger partial charge in [0.15, 0.2) is 11.2 Å². The van der Waals surface area contributed by atoms with E-state index in [1.807, 2.05) is 67.4 Å². The summed E-state index contributed by atoms with van der Waals surface area (Å²) in [5.41, 5.74) is -0.164. The Balaban J connectivity index is 1.20. The van der Waals surface area contributed by atoms with E-state index in [0.717, 1.165) is 71.6 Å². The number of para-hydroxylation sites is 2. The minimum atomic E-state index is -2.31. The minimum absolute atomic E-state index is 0.0412. The van der Waals surface area contributed by atoms with E-state index < -0.39 is 57.4 Å². The number of aromatic nitrogens is 1. The molecule has 2 bridgehead atoms. The first-order valence-electron chi connectivity index (χ1n) is 24.1. The summed E-state index contributed by atoms with van der Waals surface area (Å²) in [6.45, 7) is 9.11. The standard InChI is InChI=1S/C53H64N6O8S/c1-8-49(56-48(68)54-34-16-11-10-12-17-34)28-33-29-52(46(61)65-6,42-36(20-24-58(30-33)31-49)35-18-13-14-19-39(35)55-42)38-26-37-40(27-41(38)64-5)57(4)44-51(37)22-25-59-23-15-21-50(9-2,43(51)59)45(67-32(3)60)53(44,63)47(62)66-7/h10-19,21,26-27,33,43-45,55,63H,8-9,20,22-25,28-31H2,1-7H3,(H2,54,56,68)/t33-,43-,44+,45+,49-,50+,51+,52-,53-/m0/s1. The van der Waals surface area contributed by atoms with Crippen molar-refractivity contribution in [3.63, 3.8) is 0 Å². The molecule has 3 fully saturated rings. The molecule has 1 spiro atoms. The number of fused-ring (bicyclic) bond motifs is 6. The van der Waals surface area contributed by atoms with E-state index in [-0.39, 0.29) is 12.0 Å². The summed E-state index contributed by atoms with van der Waals surface area (Å²) in [5.74, 6) is -1.46. The van der Waals surface area contributed by atoms with Gasteiger partial charge < -0.3 is 49.5 Å². The summed E-state index contributed by atoms with van der Waals surface area (Å²) in [4.78, 5) is 54.1. The monoisotopic (exact) mass is 944 g/mol. The second-order valence-corrected chi connectivity index (χ2v) is 20.6. The van der Waals surface area contributed by atoms with Gasteiger partial charge in [0, 0.05) is 96.6 Å². The summed E-state index contributed by atoms with van der Waals surface area (Å²) >= 11 is 6.02. The van der Waals surface area contributed by atoms with Crippen LogP contribution in [-0.4, -0.2) is 133 Å². The van der Waals surface area contributed by atoms with Crippen LogP contribution in [0.5, 0.6) is 5.75 Å². The lowest BCUT2D eigenvalue weighted by Crippen LogP contribution is -2.81. The van der Waals surface area contributed by atoms with E-state index >= 15 is 4.79 Å². The average molecular weight is 945 g/mol. The minimum Gasteiger partial charge on any atom is -0.496 e. The van der Waals surface area contributed by atoms with E-state index in [4.69, 9.17) is 31.2 Å². The third-order valence-electron chi connectivity index (χ3n) is 17.0. The van der Waals surface area contributed by atoms with Crippen molar-refractivity contribution < 1.29 is 38.4 Å².